The molecule has 0 aliphatic heterocycles. The topological polar surface area (TPSA) is 70.6 Å². The van der Waals surface area contributed by atoms with E-state index in [4.69, 9.17) is 10.5 Å². The van der Waals surface area contributed by atoms with Gasteiger partial charge in [-0.2, -0.15) is 10.5 Å². The Hall–Kier alpha value is -1.01. The lowest BCUT2D eigenvalue weighted by Gasteiger charge is -2.03. The minimum absolute atomic E-state index is 0.363. The SMILES string of the molecule is CC[S+]([O-])c1sc(C#N)cc1C#N. The minimum atomic E-state index is -1.14. The fraction of sp³-hybridized carbons (Fsp3) is 0.250. The summed E-state index contributed by atoms with van der Waals surface area (Å²) in [6.45, 7) is 1.78. The van der Waals surface area contributed by atoms with Crippen LogP contribution in [0.2, 0.25) is 0 Å². The standard InChI is InChI=1S/C8H6N2OS2/c1-2-13(11)8-6(4-9)3-7(5-10)12-8/h3H,2H2,1H3. The zero-order chi connectivity index (χ0) is 9.84. The second kappa shape index (κ2) is 4.29. The number of nitrogens with zero attached hydrogens (tertiary/aromatic N) is 2. The Morgan fingerprint density at radius 2 is 2.23 bits per heavy atom. The third-order valence-electron chi connectivity index (χ3n) is 1.40. The Labute approximate surface area is 83.4 Å². The zero-order valence-electron chi connectivity index (χ0n) is 6.90. The fourth-order valence-electron chi connectivity index (χ4n) is 0.808. The summed E-state index contributed by atoms with van der Waals surface area (Å²) in [6, 6.07) is 5.35. The van der Waals surface area contributed by atoms with Gasteiger partial charge in [0.2, 0.25) is 4.21 Å². The third kappa shape index (κ3) is 2.02. The van der Waals surface area contributed by atoms with Crippen LogP contribution >= 0.6 is 11.3 Å². The quantitative estimate of drug-likeness (QED) is 0.696. The molecule has 0 aromatic carbocycles. The van der Waals surface area contributed by atoms with Crippen LogP contribution in [0.5, 0.6) is 0 Å². The molecule has 1 aromatic rings. The fourth-order valence-corrected chi connectivity index (χ4v) is 3.05. The zero-order valence-corrected chi connectivity index (χ0v) is 8.54. The average molecular weight is 210 g/mol. The first-order valence-corrected chi connectivity index (χ1v) is 5.68. The molecule has 13 heavy (non-hydrogen) atoms. The van der Waals surface area contributed by atoms with E-state index in [1.165, 1.54) is 6.07 Å². The Kier molecular flexibility index (Phi) is 3.32. The molecule has 5 heteroatoms. The van der Waals surface area contributed by atoms with E-state index in [0.29, 0.717) is 20.4 Å². The maximum absolute atomic E-state index is 11.4. The van der Waals surface area contributed by atoms with Crippen LogP contribution < -0.4 is 0 Å². The van der Waals surface area contributed by atoms with E-state index in [0.717, 1.165) is 11.3 Å². The summed E-state index contributed by atoms with van der Waals surface area (Å²) < 4.78 is 11.9. The average Bonchev–Trinajstić information content (AvgIpc) is 2.59. The lowest BCUT2D eigenvalue weighted by Crippen LogP contribution is -2.02. The highest BCUT2D eigenvalue weighted by molar-refractivity contribution is 7.93. The third-order valence-corrected chi connectivity index (χ3v) is 4.20. The van der Waals surface area contributed by atoms with E-state index in [9.17, 15) is 4.55 Å². The molecule has 0 saturated heterocycles. The molecule has 1 aromatic heterocycles. The summed E-state index contributed by atoms with van der Waals surface area (Å²) in [5, 5.41) is 17.3. The van der Waals surface area contributed by atoms with Gasteiger partial charge in [-0.1, -0.05) is 11.3 Å². The second-order valence-electron chi connectivity index (χ2n) is 2.17. The molecule has 0 radical (unpaired) electrons. The Balaban J connectivity index is 3.15. The number of thiophene rings is 1. The highest BCUT2D eigenvalue weighted by Crippen LogP contribution is 2.26. The molecule has 66 valence electrons. The van der Waals surface area contributed by atoms with E-state index < -0.39 is 11.2 Å². The van der Waals surface area contributed by atoms with Gasteiger partial charge >= 0.3 is 0 Å². The Bertz CT molecular complexity index is 386. The van der Waals surface area contributed by atoms with Gasteiger partial charge < -0.3 is 4.55 Å². The molecule has 0 bridgehead atoms. The van der Waals surface area contributed by atoms with Crippen molar-refractivity contribution in [2.75, 3.05) is 5.75 Å². The molecule has 1 unspecified atom stereocenters. The van der Waals surface area contributed by atoms with Crippen LogP contribution in [0.25, 0.3) is 0 Å². The summed E-state index contributed by atoms with van der Waals surface area (Å²) in [5.41, 5.74) is 0.363. The molecule has 1 rings (SSSR count). The van der Waals surface area contributed by atoms with Crippen molar-refractivity contribution in [3.05, 3.63) is 16.5 Å². The molecule has 0 saturated carbocycles. The summed E-state index contributed by atoms with van der Waals surface area (Å²) >= 11 is -0.00468. The van der Waals surface area contributed by atoms with Gasteiger partial charge in [-0.25, -0.2) is 0 Å². The van der Waals surface area contributed by atoms with Gasteiger partial charge in [-0.15, -0.1) is 0 Å². The van der Waals surface area contributed by atoms with Gasteiger partial charge in [-0.05, 0) is 24.2 Å². The van der Waals surface area contributed by atoms with Crippen LogP contribution in [0.1, 0.15) is 17.4 Å². The van der Waals surface area contributed by atoms with Gasteiger partial charge in [0.25, 0.3) is 0 Å². The molecule has 1 heterocycles. The monoisotopic (exact) mass is 210 g/mol. The van der Waals surface area contributed by atoms with E-state index in [1.54, 1.807) is 6.92 Å². The normalized spacial score (nSPS) is 11.7. The van der Waals surface area contributed by atoms with Crippen molar-refractivity contribution in [3.8, 4) is 12.1 Å². The number of rotatable bonds is 2. The minimum Gasteiger partial charge on any atom is -0.611 e. The van der Waals surface area contributed by atoms with Crippen molar-refractivity contribution in [3.63, 3.8) is 0 Å². The Morgan fingerprint density at radius 1 is 1.54 bits per heavy atom. The summed E-state index contributed by atoms with van der Waals surface area (Å²) in [5.74, 6) is 0.472. The lowest BCUT2D eigenvalue weighted by molar-refractivity contribution is 0.598. The van der Waals surface area contributed by atoms with Crippen LogP contribution in [0.4, 0.5) is 0 Å². The van der Waals surface area contributed by atoms with Crippen LogP contribution in [0, 0.1) is 22.7 Å². The molecule has 0 fully saturated rings. The molecular formula is C8H6N2OS2. The summed E-state index contributed by atoms with van der Waals surface area (Å²) in [7, 11) is 0. The van der Waals surface area contributed by atoms with Crippen molar-refractivity contribution in [2.45, 2.75) is 11.1 Å². The van der Waals surface area contributed by atoms with Crippen LogP contribution in [0.15, 0.2) is 10.3 Å². The molecule has 0 aliphatic carbocycles. The first-order chi connectivity index (χ1) is 6.22. The summed E-state index contributed by atoms with van der Waals surface area (Å²) in [4.78, 5) is 0.438. The predicted molar refractivity (Wildman–Crippen MR) is 50.7 cm³/mol. The van der Waals surface area contributed by atoms with Crippen molar-refractivity contribution in [1.82, 2.24) is 0 Å². The maximum atomic E-state index is 11.4. The van der Waals surface area contributed by atoms with Crippen LogP contribution in [-0.4, -0.2) is 10.3 Å². The van der Waals surface area contributed by atoms with Crippen molar-refractivity contribution >= 4 is 22.5 Å². The smallest absolute Gasteiger partial charge is 0.225 e. The van der Waals surface area contributed by atoms with Crippen molar-refractivity contribution in [1.29, 1.82) is 10.5 Å². The highest BCUT2D eigenvalue weighted by Gasteiger charge is 2.18. The maximum Gasteiger partial charge on any atom is 0.225 e. The summed E-state index contributed by atoms with van der Waals surface area (Å²) in [6.07, 6.45) is 0. The molecule has 3 nitrogen and oxygen atoms in total. The van der Waals surface area contributed by atoms with Gasteiger partial charge in [0.05, 0.1) is 0 Å². The van der Waals surface area contributed by atoms with Crippen molar-refractivity contribution < 1.29 is 4.55 Å². The number of nitriles is 2. The number of hydrogen-bond donors (Lipinski definition) is 0. The van der Waals surface area contributed by atoms with E-state index in [-0.39, 0.29) is 0 Å². The first-order valence-electron chi connectivity index (χ1n) is 3.55. The first kappa shape index (κ1) is 10.1. The molecule has 0 spiro atoms. The number of hydrogen-bond acceptors (Lipinski definition) is 4. The van der Waals surface area contributed by atoms with Gasteiger partial charge in [0.15, 0.2) is 0 Å². The van der Waals surface area contributed by atoms with Gasteiger partial charge in [0, 0.05) is 0 Å². The predicted octanol–water partition coefficient (Wildman–Crippen LogP) is 1.62. The second-order valence-corrected chi connectivity index (χ2v) is 5.16. The molecule has 1 atom stereocenters. The highest BCUT2D eigenvalue weighted by atomic mass is 32.2. The van der Waals surface area contributed by atoms with E-state index in [1.807, 2.05) is 12.1 Å². The molecule has 0 amide bonds. The van der Waals surface area contributed by atoms with Gasteiger partial charge in [0.1, 0.15) is 28.3 Å². The molecule has 0 N–H and O–H groups in total. The van der Waals surface area contributed by atoms with Crippen LogP contribution in [-0.2, 0) is 11.2 Å². The molecule has 0 aliphatic rings. The van der Waals surface area contributed by atoms with E-state index in [2.05, 4.69) is 0 Å². The van der Waals surface area contributed by atoms with Crippen molar-refractivity contribution in [2.24, 2.45) is 0 Å². The molecular weight excluding hydrogens is 204 g/mol. The Morgan fingerprint density at radius 3 is 2.69 bits per heavy atom. The van der Waals surface area contributed by atoms with E-state index >= 15 is 0 Å². The van der Waals surface area contributed by atoms with Crippen LogP contribution in [0.3, 0.4) is 0 Å². The lowest BCUT2D eigenvalue weighted by atomic mass is 10.3. The largest absolute Gasteiger partial charge is 0.611 e. The van der Waals surface area contributed by atoms with Gasteiger partial charge in [-0.3, -0.25) is 0 Å².